The molecule has 0 unspecified atom stereocenters. The van der Waals surface area contributed by atoms with Crippen molar-refractivity contribution in [3.8, 4) is 0 Å². The van der Waals surface area contributed by atoms with E-state index in [4.69, 9.17) is 5.11 Å². The highest BCUT2D eigenvalue weighted by Crippen LogP contribution is 2.23. The van der Waals surface area contributed by atoms with Crippen LogP contribution in [0.4, 0.5) is 11.5 Å². The summed E-state index contributed by atoms with van der Waals surface area (Å²) in [6.45, 7) is 6.73. The second-order valence-corrected chi connectivity index (χ2v) is 5.40. The zero-order valence-corrected chi connectivity index (χ0v) is 11.6. The number of pyridine rings is 1. The fourth-order valence-corrected chi connectivity index (χ4v) is 1.82. The second-order valence-electron chi connectivity index (χ2n) is 5.40. The lowest BCUT2D eigenvalue weighted by Crippen LogP contribution is -2.23. The monoisotopic (exact) mass is 267 g/mol. The van der Waals surface area contributed by atoms with Crippen molar-refractivity contribution >= 4 is 11.5 Å². The van der Waals surface area contributed by atoms with Crippen molar-refractivity contribution in [1.29, 1.82) is 0 Å². The van der Waals surface area contributed by atoms with Gasteiger partial charge in [0.2, 0.25) is 0 Å². The van der Waals surface area contributed by atoms with Gasteiger partial charge in [0.15, 0.2) is 0 Å². The lowest BCUT2D eigenvalue weighted by molar-refractivity contribution is -0.385. The first kappa shape index (κ1) is 15.4. The van der Waals surface area contributed by atoms with E-state index in [1.54, 1.807) is 13.0 Å². The van der Waals surface area contributed by atoms with E-state index in [0.717, 1.165) is 12.8 Å². The molecule has 1 heterocycles. The van der Waals surface area contributed by atoms with E-state index in [-0.39, 0.29) is 17.7 Å². The molecule has 0 spiro atoms. The molecule has 0 atom stereocenters. The van der Waals surface area contributed by atoms with E-state index >= 15 is 0 Å². The highest BCUT2D eigenvalue weighted by Gasteiger charge is 2.18. The van der Waals surface area contributed by atoms with Crippen molar-refractivity contribution in [3.05, 3.63) is 27.9 Å². The fraction of sp³-hybridized carbons (Fsp3) is 0.615. The molecule has 0 aromatic carbocycles. The van der Waals surface area contributed by atoms with E-state index < -0.39 is 4.92 Å². The van der Waals surface area contributed by atoms with Gasteiger partial charge in [-0.3, -0.25) is 10.1 Å². The molecule has 0 amide bonds. The van der Waals surface area contributed by atoms with Crippen LogP contribution in [0.3, 0.4) is 0 Å². The molecular weight excluding hydrogens is 246 g/mol. The van der Waals surface area contributed by atoms with Gasteiger partial charge in [-0.25, -0.2) is 4.98 Å². The molecule has 1 rings (SSSR count). The quantitative estimate of drug-likeness (QED) is 0.585. The number of nitrogens with zero attached hydrogens (tertiary/aromatic N) is 2. The van der Waals surface area contributed by atoms with Crippen molar-refractivity contribution in [2.75, 3.05) is 18.5 Å². The smallest absolute Gasteiger partial charge is 0.290 e. The summed E-state index contributed by atoms with van der Waals surface area (Å²) in [5.74, 6) is 0.639. The number of nitrogens with one attached hydrogen (secondary N) is 1. The van der Waals surface area contributed by atoms with Gasteiger partial charge in [-0.05, 0) is 31.2 Å². The van der Waals surface area contributed by atoms with Crippen molar-refractivity contribution < 1.29 is 10.0 Å². The average Bonchev–Trinajstić information content (AvgIpc) is 2.34. The van der Waals surface area contributed by atoms with Crippen molar-refractivity contribution in [2.24, 2.45) is 5.41 Å². The van der Waals surface area contributed by atoms with Crippen LogP contribution in [0.1, 0.15) is 32.4 Å². The Morgan fingerprint density at radius 2 is 2.16 bits per heavy atom. The summed E-state index contributed by atoms with van der Waals surface area (Å²) in [4.78, 5) is 14.4. The van der Waals surface area contributed by atoms with Gasteiger partial charge in [0.1, 0.15) is 11.5 Å². The van der Waals surface area contributed by atoms with E-state index in [1.165, 1.54) is 6.07 Å². The van der Waals surface area contributed by atoms with Crippen molar-refractivity contribution in [2.45, 2.75) is 33.6 Å². The summed E-state index contributed by atoms with van der Waals surface area (Å²) in [6.07, 6.45) is 1.67. The van der Waals surface area contributed by atoms with Gasteiger partial charge in [-0.2, -0.15) is 0 Å². The third-order valence-corrected chi connectivity index (χ3v) is 3.01. The van der Waals surface area contributed by atoms with Crippen LogP contribution in [0, 0.1) is 22.5 Å². The van der Waals surface area contributed by atoms with Crippen LogP contribution in [0.2, 0.25) is 0 Å². The van der Waals surface area contributed by atoms with Crippen LogP contribution in [0.15, 0.2) is 12.1 Å². The standard InChI is InChI=1S/C13H21N3O3/c1-10-11(16(18)19)5-6-12(15-10)14-9-13(2,3)7-4-8-17/h5-6,17H,4,7-9H2,1-3H3,(H,14,15). The molecule has 6 nitrogen and oxygen atoms in total. The van der Waals surface area contributed by atoms with Crippen LogP contribution in [-0.4, -0.2) is 28.2 Å². The van der Waals surface area contributed by atoms with Gasteiger partial charge in [0, 0.05) is 19.2 Å². The number of hydrogen-bond donors (Lipinski definition) is 2. The minimum Gasteiger partial charge on any atom is -0.396 e. The molecule has 6 heteroatoms. The maximum Gasteiger partial charge on any atom is 0.290 e. The first-order chi connectivity index (χ1) is 8.85. The molecule has 0 saturated heterocycles. The minimum absolute atomic E-state index is 0.0325. The summed E-state index contributed by atoms with van der Waals surface area (Å²) < 4.78 is 0. The SMILES string of the molecule is Cc1nc(NCC(C)(C)CCCO)ccc1[N+](=O)[O-]. The first-order valence-corrected chi connectivity index (χ1v) is 6.32. The predicted molar refractivity (Wildman–Crippen MR) is 74.2 cm³/mol. The van der Waals surface area contributed by atoms with Crippen LogP contribution in [-0.2, 0) is 0 Å². The Balaban J connectivity index is 2.63. The molecule has 1 aromatic rings. The zero-order chi connectivity index (χ0) is 14.5. The van der Waals surface area contributed by atoms with Crippen LogP contribution >= 0.6 is 0 Å². The van der Waals surface area contributed by atoms with Gasteiger partial charge < -0.3 is 10.4 Å². The molecular formula is C13H21N3O3. The molecule has 0 bridgehead atoms. The zero-order valence-electron chi connectivity index (χ0n) is 11.6. The lowest BCUT2D eigenvalue weighted by atomic mass is 9.88. The van der Waals surface area contributed by atoms with E-state index in [9.17, 15) is 10.1 Å². The Morgan fingerprint density at radius 1 is 1.47 bits per heavy atom. The van der Waals surface area contributed by atoms with Gasteiger partial charge >= 0.3 is 0 Å². The van der Waals surface area contributed by atoms with Gasteiger partial charge in [-0.1, -0.05) is 13.8 Å². The van der Waals surface area contributed by atoms with Crippen molar-refractivity contribution in [3.63, 3.8) is 0 Å². The summed E-state index contributed by atoms with van der Waals surface area (Å²) in [5.41, 5.74) is 0.480. The third kappa shape index (κ3) is 4.82. The summed E-state index contributed by atoms with van der Waals surface area (Å²) in [7, 11) is 0. The third-order valence-electron chi connectivity index (χ3n) is 3.01. The lowest BCUT2D eigenvalue weighted by Gasteiger charge is -2.24. The molecule has 0 radical (unpaired) electrons. The molecule has 0 saturated carbocycles. The molecule has 0 fully saturated rings. The second kappa shape index (κ2) is 6.47. The summed E-state index contributed by atoms with van der Waals surface area (Å²) in [5, 5.41) is 22.7. The molecule has 106 valence electrons. The minimum atomic E-state index is -0.433. The van der Waals surface area contributed by atoms with Gasteiger partial charge in [0.05, 0.1) is 4.92 Å². The number of aliphatic hydroxyl groups excluding tert-OH is 1. The molecule has 0 aliphatic heterocycles. The van der Waals surface area contributed by atoms with Crippen LogP contribution < -0.4 is 5.32 Å². The number of rotatable bonds is 7. The van der Waals surface area contributed by atoms with Crippen LogP contribution in [0.25, 0.3) is 0 Å². The molecule has 2 N–H and O–H groups in total. The summed E-state index contributed by atoms with van der Waals surface area (Å²) in [6, 6.07) is 3.08. The Labute approximate surface area is 113 Å². The topological polar surface area (TPSA) is 88.3 Å². The molecule has 0 aliphatic carbocycles. The number of aliphatic hydroxyl groups is 1. The van der Waals surface area contributed by atoms with Crippen LogP contribution in [0.5, 0.6) is 0 Å². The normalized spacial score (nSPS) is 11.4. The Kier molecular flexibility index (Phi) is 5.23. The maximum atomic E-state index is 10.7. The van der Waals surface area contributed by atoms with Crippen molar-refractivity contribution in [1.82, 2.24) is 4.98 Å². The van der Waals surface area contributed by atoms with E-state index in [0.29, 0.717) is 18.1 Å². The first-order valence-electron chi connectivity index (χ1n) is 6.32. The highest BCUT2D eigenvalue weighted by molar-refractivity contribution is 5.44. The maximum absolute atomic E-state index is 10.7. The number of anilines is 1. The number of hydrogen-bond acceptors (Lipinski definition) is 5. The number of aromatic nitrogens is 1. The van der Waals surface area contributed by atoms with E-state index in [2.05, 4.69) is 24.1 Å². The Morgan fingerprint density at radius 3 is 2.68 bits per heavy atom. The van der Waals surface area contributed by atoms with Gasteiger partial charge in [-0.15, -0.1) is 0 Å². The largest absolute Gasteiger partial charge is 0.396 e. The highest BCUT2D eigenvalue weighted by atomic mass is 16.6. The molecule has 19 heavy (non-hydrogen) atoms. The molecule has 0 aliphatic rings. The fourth-order valence-electron chi connectivity index (χ4n) is 1.82. The summed E-state index contributed by atoms with van der Waals surface area (Å²) >= 11 is 0. The Hall–Kier alpha value is -1.69. The molecule has 1 aromatic heterocycles. The number of aryl methyl sites for hydroxylation is 1. The van der Waals surface area contributed by atoms with E-state index in [1.807, 2.05) is 0 Å². The number of nitro groups is 1. The average molecular weight is 267 g/mol. The predicted octanol–water partition coefficient (Wildman–Crippen LogP) is 2.51. The van der Waals surface area contributed by atoms with Gasteiger partial charge in [0.25, 0.3) is 5.69 Å². The Bertz CT molecular complexity index is 447.